The molecule has 0 spiro atoms. The molecule has 1 N–H and O–H groups in total. The van der Waals surface area contributed by atoms with E-state index < -0.39 is 10.8 Å². The molecule has 3 rings (SSSR count). The van der Waals surface area contributed by atoms with Gasteiger partial charge < -0.3 is 10.1 Å². The number of nitro groups is 1. The average Bonchev–Trinajstić information content (AvgIpc) is 3.02. The number of carbonyl (C=O) groups excluding carboxylic acids is 1. The number of anilines is 1. The first-order valence-electron chi connectivity index (χ1n) is 7.88. The van der Waals surface area contributed by atoms with E-state index in [2.05, 4.69) is 10.4 Å². The summed E-state index contributed by atoms with van der Waals surface area (Å²) in [6.07, 6.45) is 5.20. The van der Waals surface area contributed by atoms with Gasteiger partial charge in [0.05, 0.1) is 16.8 Å². The Labute approximate surface area is 148 Å². The highest BCUT2D eigenvalue weighted by atomic mass is 35.5. The Morgan fingerprint density at radius 2 is 2.20 bits per heavy atom. The zero-order valence-electron chi connectivity index (χ0n) is 13.4. The molecule has 1 aromatic carbocycles. The molecule has 0 atom stereocenters. The number of ether oxygens (including phenoxy) is 1. The average molecular weight is 365 g/mol. The smallest absolute Gasteiger partial charge is 0.282 e. The monoisotopic (exact) mass is 364 g/mol. The van der Waals surface area contributed by atoms with Crippen molar-refractivity contribution in [2.75, 3.05) is 18.5 Å². The predicted molar refractivity (Wildman–Crippen MR) is 91.8 cm³/mol. The fourth-order valence-corrected chi connectivity index (χ4v) is 2.94. The maximum atomic E-state index is 12.4. The fourth-order valence-electron chi connectivity index (χ4n) is 2.77. The standard InChI is InChI=1S/C16H17ClN4O4/c17-12-1-2-15(21(23)24)14(7-12)16(22)19-13-8-18-20(10-13)9-11-3-5-25-6-4-11/h1-2,7-8,10-11H,3-6,9H2,(H,19,22). The minimum absolute atomic E-state index is 0.0883. The SMILES string of the molecule is O=C(Nc1cnn(CC2CCOCC2)c1)c1cc(Cl)ccc1[N+](=O)[O-]. The number of nitrogens with one attached hydrogen (secondary N) is 1. The lowest BCUT2D eigenvalue weighted by Crippen LogP contribution is -2.20. The summed E-state index contributed by atoms with van der Waals surface area (Å²) >= 11 is 5.85. The Bertz CT molecular complexity index is 786. The molecular formula is C16H17ClN4O4. The molecule has 1 fully saturated rings. The molecule has 0 bridgehead atoms. The number of hydrogen-bond donors (Lipinski definition) is 1. The number of rotatable bonds is 5. The highest BCUT2D eigenvalue weighted by Crippen LogP contribution is 2.24. The summed E-state index contributed by atoms with van der Waals surface area (Å²) in [5, 5.41) is 18.2. The Morgan fingerprint density at radius 1 is 1.44 bits per heavy atom. The maximum absolute atomic E-state index is 12.4. The van der Waals surface area contributed by atoms with Gasteiger partial charge in [-0.2, -0.15) is 5.10 Å². The molecule has 8 nitrogen and oxygen atoms in total. The number of carbonyl (C=O) groups is 1. The molecule has 2 heterocycles. The normalized spacial score (nSPS) is 15.1. The van der Waals surface area contributed by atoms with Crippen LogP contribution in [0.2, 0.25) is 5.02 Å². The summed E-state index contributed by atoms with van der Waals surface area (Å²) in [7, 11) is 0. The minimum Gasteiger partial charge on any atom is -0.381 e. The topological polar surface area (TPSA) is 99.3 Å². The zero-order chi connectivity index (χ0) is 17.8. The van der Waals surface area contributed by atoms with E-state index in [1.54, 1.807) is 10.9 Å². The van der Waals surface area contributed by atoms with Gasteiger partial charge >= 0.3 is 0 Å². The van der Waals surface area contributed by atoms with E-state index in [0.717, 1.165) is 32.6 Å². The van der Waals surface area contributed by atoms with Crippen LogP contribution in [0.25, 0.3) is 0 Å². The van der Waals surface area contributed by atoms with E-state index in [0.29, 0.717) is 11.6 Å². The molecule has 1 saturated heterocycles. The van der Waals surface area contributed by atoms with Crippen LogP contribution in [0.15, 0.2) is 30.6 Å². The van der Waals surface area contributed by atoms with Gasteiger partial charge in [0.25, 0.3) is 11.6 Å². The van der Waals surface area contributed by atoms with Crippen molar-refractivity contribution in [3.8, 4) is 0 Å². The molecule has 0 aliphatic carbocycles. The second kappa shape index (κ2) is 7.62. The number of nitrogens with zero attached hydrogens (tertiary/aromatic N) is 3. The Hall–Kier alpha value is -2.45. The first-order chi connectivity index (χ1) is 12.0. The van der Waals surface area contributed by atoms with Crippen molar-refractivity contribution in [1.82, 2.24) is 9.78 Å². The molecule has 9 heteroatoms. The van der Waals surface area contributed by atoms with Crippen molar-refractivity contribution in [2.24, 2.45) is 5.92 Å². The zero-order valence-corrected chi connectivity index (χ0v) is 14.1. The van der Waals surface area contributed by atoms with Gasteiger partial charge in [-0.1, -0.05) is 11.6 Å². The van der Waals surface area contributed by atoms with Crippen molar-refractivity contribution < 1.29 is 14.5 Å². The molecule has 1 aliphatic heterocycles. The molecular weight excluding hydrogens is 348 g/mol. The number of nitro benzene ring substituents is 1. The lowest BCUT2D eigenvalue weighted by atomic mass is 10.0. The van der Waals surface area contributed by atoms with Gasteiger partial charge in [-0.3, -0.25) is 19.6 Å². The van der Waals surface area contributed by atoms with Crippen molar-refractivity contribution in [1.29, 1.82) is 0 Å². The molecule has 2 aromatic rings. The van der Waals surface area contributed by atoms with Crippen LogP contribution in [0.3, 0.4) is 0 Å². The van der Waals surface area contributed by atoms with E-state index in [-0.39, 0.29) is 16.3 Å². The summed E-state index contributed by atoms with van der Waals surface area (Å²) in [6.45, 7) is 2.26. The second-order valence-electron chi connectivity index (χ2n) is 5.88. The largest absolute Gasteiger partial charge is 0.381 e. The van der Waals surface area contributed by atoms with Crippen molar-refractivity contribution >= 4 is 28.9 Å². The van der Waals surface area contributed by atoms with Gasteiger partial charge in [0.15, 0.2) is 0 Å². The van der Waals surface area contributed by atoms with Crippen LogP contribution >= 0.6 is 11.6 Å². The highest BCUT2D eigenvalue weighted by Gasteiger charge is 2.21. The van der Waals surface area contributed by atoms with Crippen LogP contribution in [0.5, 0.6) is 0 Å². The third-order valence-corrected chi connectivity index (χ3v) is 4.31. The summed E-state index contributed by atoms with van der Waals surface area (Å²) in [5.74, 6) is -0.106. The summed E-state index contributed by atoms with van der Waals surface area (Å²) in [5.41, 5.74) is 0.0949. The van der Waals surface area contributed by atoms with E-state index in [1.807, 2.05) is 0 Å². The van der Waals surface area contributed by atoms with Gasteiger partial charge in [-0.25, -0.2) is 0 Å². The van der Waals surface area contributed by atoms with Crippen LogP contribution < -0.4 is 5.32 Å². The summed E-state index contributed by atoms with van der Waals surface area (Å²) in [6, 6.07) is 3.87. The molecule has 0 unspecified atom stereocenters. The van der Waals surface area contributed by atoms with Crippen LogP contribution in [0.4, 0.5) is 11.4 Å². The minimum atomic E-state index is -0.611. The lowest BCUT2D eigenvalue weighted by Gasteiger charge is -2.21. The first-order valence-corrected chi connectivity index (χ1v) is 8.26. The number of amides is 1. The van der Waals surface area contributed by atoms with Gasteiger partial charge in [0.2, 0.25) is 0 Å². The number of aromatic nitrogens is 2. The fraction of sp³-hybridized carbons (Fsp3) is 0.375. The predicted octanol–water partition coefficient (Wildman–Crippen LogP) is 3.12. The highest BCUT2D eigenvalue weighted by molar-refractivity contribution is 6.31. The number of halogens is 1. The van der Waals surface area contributed by atoms with Gasteiger partial charge in [0.1, 0.15) is 5.56 Å². The van der Waals surface area contributed by atoms with E-state index in [9.17, 15) is 14.9 Å². The molecule has 1 amide bonds. The third-order valence-electron chi connectivity index (χ3n) is 4.08. The van der Waals surface area contributed by atoms with Gasteiger partial charge in [-0.05, 0) is 30.9 Å². The van der Waals surface area contributed by atoms with Crippen LogP contribution in [0, 0.1) is 16.0 Å². The summed E-state index contributed by atoms with van der Waals surface area (Å²) < 4.78 is 7.09. The summed E-state index contributed by atoms with van der Waals surface area (Å²) in [4.78, 5) is 22.8. The third kappa shape index (κ3) is 4.34. The van der Waals surface area contributed by atoms with Gasteiger partial charge in [0, 0.05) is 37.0 Å². The number of hydrogen-bond acceptors (Lipinski definition) is 5. The van der Waals surface area contributed by atoms with Crippen molar-refractivity contribution in [3.63, 3.8) is 0 Å². The van der Waals surface area contributed by atoms with Crippen LogP contribution in [0.1, 0.15) is 23.2 Å². The van der Waals surface area contributed by atoms with E-state index in [4.69, 9.17) is 16.3 Å². The van der Waals surface area contributed by atoms with Gasteiger partial charge in [-0.15, -0.1) is 0 Å². The molecule has 1 aliphatic rings. The molecule has 25 heavy (non-hydrogen) atoms. The Balaban J connectivity index is 1.69. The quantitative estimate of drug-likeness (QED) is 0.649. The lowest BCUT2D eigenvalue weighted by molar-refractivity contribution is -0.385. The number of benzene rings is 1. The molecule has 0 saturated carbocycles. The molecule has 1 aromatic heterocycles. The Morgan fingerprint density at radius 3 is 2.92 bits per heavy atom. The van der Waals surface area contributed by atoms with Crippen molar-refractivity contribution in [2.45, 2.75) is 19.4 Å². The van der Waals surface area contributed by atoms with E-state index >= 15 is 0 Å². The first kappa shape index (κ1) is 17.4. The maximum Gasteiger partial charge on any atom is 0.282 e. The van der Waals surface area contributed by atoms with E-state index in [1.165, 1.54) is 24.4 Å². The van der Waals surface area contributed by atoms with Crippen LogP contribution in [-0.2, 0) is 11.3 Å². The second-order valence-corrected chi connectivity index (χ2v) is 6.32. The molecule has 0 radical (unpaired) electrons. The molecule has 132 valence electrons. The van der Waals surface area contributed by atoms with Crippen molar-refractivity contribution in [3.05, 3.63) is 51.3 Å². The van der Waals surface area contributed by atoms with Crippen LogP contribution in [-0.4, -0.2) is 33.8 Å². The Kier molecular flexibility index (Phi) is 5.30.